The number of carbonyl (C=O) groups excluding carboxylic acids is 1. The van der Waals surface area contributed by atoms with Gasteiger partial charge in [-0.2, -0.15) is 0 Å². The van der Waals surface area contributed by atoms with E-state index in [9.17, 15) is 4.79 Å². The number of methoxy groups -OCH3 is 1. The molecule has 106 valence electrons. The van der Waals surface area contributed by atoms with E-state index in [2.05, 4.69) is 9.97 Å². The first-order chi connectivity index (χ1) is 10.1. The molecule has 0 spiro atoms. The van der Waals surface area contributed by atoms with Crippen LogP contribution in [0.25, 0.3) is 16.8 Å². The van der Waals surface area contributed by atoms with Crippen molar-refractivity contribution in [3.8, 4) is 11.3 Å². The summed E-state index contributed by atoms with van der Waals surface area (Å²) < 4.78 is 6.56. The summed E-state index contributed by atoms with van der Waals surface area (Å²) in [5.74, 6) is -0.353. The summed E-state index contributed by atoms with van der Waals surface area (Å²) in [6, 6.07) is 5.44. The molecule has 0 radical (unpaired) electrons. The van der Waals surface area contributed by atoms with E-state index in [4.69, 9.17) is 16.3 Å². The predicted octanol–water partition coefficient (Wildman–Crippen LogP) is 3.14. The number of halogens is 1. The smallest absolute Gasteiger partial charge is 0.338 e. The largest absolute Gasteiger partial charge is 0.465 e. The second-order valence-corrected chi connectivity index (χ2v) is 4.95. The summed E-state index contributed by atoms with van der Waals surface area (Å²) in [5.41, 5.74) is 3.70. The molecule has 0 atom stereocenters. The summed E-state index contributed by atoms with van der Waals surface area (Å²) in [7, 11) is 1.37. The summed E-state index contributed by atoms with van der Waals surface area (Å²) in [5, 5.41) is 0.389. The zero-order valence-electron chi connectivity index (χ0n) is 11.5. The van der Waals surface area contributed by atoms with Crippen molar-refractivity contribution in [1.82, 2.24) is 14.4 Å². The highest BCUT2D eigenvalue weighted by atomic mass is 35.5. The van der Waals surface area contributed by atoms with Crippen molar-refractivity contribution in [3.63, 3.8) is 0 Å². The highest BCUT2D eigenvalue weighted by Crippen LogP contribution is 2.28. The molecule has 2 aromatic heterocycles. The SMILES string of the molecule is COC(=O)c1ccc(-c2ncn3ccnc(Cl)c23)cc1C. The van der Waals surface area contributed by atoms with Gasteiger partial charge in [-0.3, -0.25) is 0 Å². The van der Waals surface area contributed by atoms with Crippen LogP contribution in [-0.2, 0) is 4.74 Å². The maximum Gasteiger partial charge on any atom is 0.338 e. The number of rotatable bonds is 2. The fourth-order valence-corrected chi connectivity index (χ4v) is 2.51. The van der Waals surface area contributed by atoms with Crippen molar-refractivity contribution in [3.05, 3.63) is 53.2 Å². The molecule has 0 amide bonds. The average Bonchev–Trinajstić information content (AvgIpc) is 2.92. The fourth-order valence-electron chi connectivity index (χ4n) is 2.27. The van der Waals surface area contributed by atoms with Crippen LogP contribution in [0.5, 0.6) is 0 Å². The number of ether oxygens (including phenoxy) is 1. The van der Waals surface area contributed by atoms with Gasteiger partial charge >= 0.3 is 5.97 Å². The van der Waals surface area contributed by atoms with Gasteiger partial charge in [0.2, 0.25) is 0 Å². The van der Waals surface area contributed by atoms with Crippen LogP contribution in [0.2, 0.25) is 5.15 Å². The zero-order chi connectivity index (χ0) is 15.0. The Labute approximate surface area is 126 Å². The van der Waals surface area contributed by atoms with E-state index >= 15 is 0 Å². The number of aryl methyl sites for hydroxylation is 1. The Bertz CT molecular complexity index is 842. The Hall–Kier alpha value is -2.40. The molecule has 0 saturated heterocycles. The summed E-state index contributed by atoms with van der Waals surface area (Å²) in [6.07, 6.45) is 5.08. The normalized spacial score (nSPS) is 10.8. The lowest BCUT2D eigenvalue weighted by atomic mass is 10.0. The van der Waals surface area contributed by atoms with E-state index in [0.717, 1.165) is 22.3 Å². The molecule has 0 bridgehead atoms. The number of nitrogens with zero attached hydrogens (tertiary/aromatic N) is 3. The van der Waals surface area contributed by atoms with E-state index in [0.29, 0.717) is 10.7 Å². The van der Waals surface area contributed by atoms with Crippen LogP contribution >= 0.6 is 11.6 Å². The molecule has 0 N–H and O–H groups in total. The third-order valence-corrected chi connectivity index (χ3v) is 3.59. The molecule has 0 aliphatic carbocycles. The highest BCUT2D eigenvalue weighted by molar-refractivity contribution is 6.33. The Morgan fingerprint density at radius 2 is 2.14 bits per heavy atom. The van der Waals surface area contributed by atoms with Gasteiger partial charge in [0.25, 0.3) is 0 Å². The second-order valence-electron chi connectivity index (χ2n) is 4.59. The lowest BCUT2D eigenvalue weighted by Gasteiger charge is -2.06. The van der Waals surface area contributed by atoms with E-state index in [1.807, 2.05) is 23.5 Å². The van der Waals surface area contributed by atoms with Crippen molar-refractivity contribution < 1.29 is 9.53 Å². The summed E-state index contributed by atoms with van der Waals surface area (Å²) in [6.45, 7) is 1.86. The number of hydrogen-bond donors (Lipinski definition) is 0. The lowest BCUT2D eigenvalue weighted by molar-refractivity contribution is 0.0600. The molecule has 0 unspecified atom stereocenters. The first kappa shape index (κ1) is 13.6. The van der Waals surface area contributed by atoms with Crippen molar-refractivity contribution in [2.24, 2.45) is 0 Å². The molecule has 21 heavy (non-hydrogen) atoms. The third kappa shape index (κ3) is 2.25. The van der Waals surface area contributed by atoms with Gasteiger partial charge in [-0.05, 0) is 24.6 Å². The van der Waals surface area contributed by atoms with Gasteiger partial charge in [-0.25, -0.2) is 14.8 Å². The van der Waals surface area contributed by atoms with Crippen LogP contribution in [0.15, 0.2) is 36.9 Å². The van der Waals surface area contributed by atoms with Gasteiger partial charge in [0, 0.05) is 18.0 Å². The molecule has 0 saturated carbocycles. The zero-order valence-corrected chi connectivity index (χ0v) is 12.3. The average molecular weight is 302 g/mol. The number of imidazole rings is 1. The molecule has 1 aromatic carbocycles. The number of fused-ring (bicyclic) bond motifs is 1. The molecular formula is C15H12ClN3O2. The minimum Gasteiger partial charge on any atom is -0.465 e. The number of esters is 1. The van der Waals surface area contributed by atoms with Crippen LogP contribution in [0.3, 0.4) is 0 Å². The number of benzene rings is 1. The monoisotopic (exact) mass is 301 g/mol. The predicted molar refractivity (Wildman–Crippen MR) is 79.5 cm³/mol. The third-order valence-electron chi connectivity index (χ3n) is 3.31. The van der Waals surface area contributed by atoms with Crippen LogP contribution in [-0.4, -0.2) is 27.4 Å². The van der Waals surface area contributed by atoms with Gasteiger partial charge in [0.15, 0.2) is 5.15 Å². The Kier molecular flexibility index (Phi) is 3.35. The molecule has 0 aliphatic rings. The van der Waals surface area contributed by atoms with Gasteiger partial charge in [-0.15, -0.1) is 0 Å². The van der Waals surface area contributed by atoms with E-state index < -0.39 is 0 Å². The number of carbonyl (C=O) groups is 1. The van der Waals surface area contributed by atoms with Crippen molar-refractivity contribution in [2.45, 2.75) is 6.92 Å². The molecule has 3 aromatic rings. The van der Waals surface area contributed by atoms with Crippen LogP contribution in [0.1, 0.15) is 15.9 Å². The maximum absolute atomic E-state index is 11.6. The standard InChI is InChI=1S/C15H12ClN3O2/c1-9-7-10(3-4-11(9)15(20)21-2)12-13-14(16)17-5-6-19(13)8-18-12/h3-8H,1-2H3. The highest BCUT2D eigenvalue weighted by Gasteiger charge is 2.14. The van der Waals surface area contributed by atoms with Crippen LogP contribution < -0.4 is 0 Å². The molecule has 0 fully saturated rings. The van der Waals surface area contributed by atoms with Gasteiger partial charge in [0.05, 0.1) is 18.4 Å². The molecule has 5 nitrogen and oxygen atoms in total. The van der Waals surface area contributed by atoms with Crippen LogP contribution in [0.4, 0.5) is 0 Å². The van der Waals surface area contributed by atoms with Gasteiger partial charge in [-0.1, -0.05) is 17.7 Å². The van der Waals surface area contributed by atoms with E-state index in [1.165, 1.54) is 7.11 Å². The second kappa shape index (κ2) is 5.18. The molecular weight excluding hydrogens is 290 g/mol. The van der Waals surface area contributed by atoms with Crippen molar-refractivity contribution in [1.29, 1.82) is 0 Å². The number of aromatic nitrogens is 3. The van der Waals surface area contributed by atoms with E-state index in [1.54, 1.807) is 24.8 Å². The van der Waals surface area contributed by atoms with Gasteiger partial charge in [0.1, 0.15) is 11.8 Å². The van der Waals surface area contributed by atoms with Crippen molar-refractivity contribution >= 4 is 23.1 Å². The Morgan fingerprint density at radius 1 is 1.33 bits per heavy atom. The van der Waals surface area contributed by atoms with Crippen molar-refractivity contribution in [2.75, 3.05) is 7.11 Å². The number of hydrogen-bond acceptors (Lipinski definition) is 4. The van der Waals surface area contributed by atoms with E-state index in [-0.39, 0.29) is 5.97 Å². The van der Waals surface area contributed by atoms with Crippen LogP contribution in [0, 0.1) is 6.92 Å². The minimum atomic E-state index is -0.353. The summed E-state index contributed by atoms with van der Waals surface area (Å²) in [4.78, 5) is 20.1. The Morgan fingerprint density at radius 3 is 2.86 bits per heavy atom. The first-order valence-corrected chi connectivity index (χ1v) is 6.66. The minimum absolute atomic E-state index is 0.353. The fraction of sp³-hybridized carbons (Fsp3) is 0.133. The maximum atomic E-state index is 11.6. The lowest BCUT2D eigenvalue weighted by Crippen LogP contribution is -2.03. The molecule has 0 aliphatic heterocycles. The first-order valence-electron chi connectivity index (χ1n) is 6.28. The summed E-state index contributed by atoms with van der Waals surface area (Å²) >= 11 is 6.15. The molecule has 6 heteroatoms. The van der Waals surface area contributed by atoms with Gasteiger partial charge < -0.3 is 9.14 Å². The quantitative estimate of drug-likeness (QED) is 0.682. The molecule has 3 rings (SSSR count). The molecule has 2 heterocycles. The topological polar surface area (TPSA) is 56.5 Å². The Balaban J connectivity index is 2.16.